The third-order valence-electron chi connectivity index (χ3n) is 7.95. The molecule has 1 aromatic carbocycles. The maximum atomic E-state index is 11.7. The highest BCUT2D eigenvalue weighted by Gasteiger charge is 2.39. The van der Waals surface area contributed by atoms with E-state index in [1.54, 1.807) is 7.11 Å². The van der Waals surface area contributed by atoms with Crippen molar-refractivity contribution in [2.45, 2.75) is 88.6 Å². The highest BCUT2D eigenvalue weighted by Crippen LogP contribution is 2.49. The number of ether oxygens (including phenoxy) is 1. The van der Waals surface area contributed by atoms with Crippen LogP contribution in [0.3, 0.4) is 0 Å². The normalized spacial score (nSPS) is 29.4. The van der Waals surface area contributed by atoms with Gasteiger partial charge in [0.25, 0.3) is 0 Å². The van der Waals surface area contributed by atoms with Gasteiger partial charge in [0.1, 0.15) is 5.75 Å². The number of hydrogen-bond acceptors (Lipinski definition) is 3. The Morgan fingerprint density at radius 3 is 2.50 bits per heavy atom. The smallest absolute Gasteiger partial charge is 0.210 e. The zero-order valence-electron chi connectivity index (χ0n) is 18.7. The van der Waals surface area contributed by atoms with Gasteiger partial charge in [0.2, 0.25) is 6.41 Å². The molecule has 4 nitrogen and oxygen atoms in total. The highest BCUT2D eigenvalue weighted by molar-refractivity contribution is 5.48. The Balaban J connectivity index is 1.12. The number of hydrogen-bond donors (Lipinski definition) is 1. The van der Waals surface area contributed by atoms with Crippen LogP contribution in [0.25, 0.3) is 0 Å². The van der Waals surface area contributed by atoms with Crippen LogP contribution in [0.1, 0.15) is 82.1 Å². The molecule has 0 radical (unpaired) electrons. The van der Waals surface area contributed by atoms with Gasteiger partial charge < -0.3 is 15.0 Å². The molecule has 3 fully saturated rings. The van der Waals surface area contributed by atoms with Gasteiger partial charge in [-0.05, 0) is 93.8 Å². The standard InChI is InChI=1S/C26H40N2O2/c1-30-26-10-6-5-9-24(26)25-17-21(25)18-27-16-15-20-11-13-23(14-12-20)28(19-29)22-7-3-2-4-8-22/h5-6,9-10,19-23,25,27H,2-4,7-8,11-18H2,1H3/t20?,21-,23?,25+/m0/s1. The zero-order valence-corrected chi connectivity index (χ0v) is 18.7. The molecule has 0 heterocycles. The molecule has 3 aliphatic carbocycles. The summed E-state index contributed by atoms with van der Waals surface area (Å²) in [6.07, 6.45) is 15.1. The Morgan fingerprint density at radius 1 is 1.03 bits per heavy atom. The first-order chi connectivity index (χ1) is 14.8. The number of nitrogens with one attached hydrogen (secondary N) is 1. The molecule has 4 heteroatoms. The predicted octanol–water partition coefficient (Wildman–Crippen LogP) is 5.13. The number of nitrogens with zero attached hydrogens (tertiary/aromatic N) is 1. The molecule has 4 rings (SSSR count). The summed E-state index contributed by atoms with van der Waals surface area (Å²) >= 11 is 0. The van der Waals surface area contributed by atoms with Crippen molar-refractivity contribution in [3.63, 3.8) is 0 Å². The Labute approximate surface area is 182 Å². The first-order valence-electron chi connectivity index (χ1n) is 12.4. The van der Waals surface area contributed by atoms with Gasteiger partial charge in [0, 0.05) is 12.1 Å². The van der Waals surface area contributed by atoms with E-state index in [9.17, 15) is 4.79 Å². The average molecular weight is 413 g/mol. The number of amides is 1. The van der Waals surface area contributed by atoms with E-state index >= 15 is 0 Å². The molecule has 0 unspecified atom stereocenters. The van der Waals surface area contributed by atoms with E-state index in [1.807, 2.05) is 0 Å². The quantitative estimate of drug-likeness (QED) is 0.428. The van der Waals surface area contributed by atoms with Crippen molar-refractivity contribution in [1.29, 1.82) is 0 Å². The Hall–Kier alpha value is -1.55. The first-order valence-corrected chi connectivity index (χ1v) is 12.4. The molecule has 0 aliphatic heterocycles. The number of benzene rings is 1. The molecule has 30 heavy (non-hydrogen) atoms. The second-order valence-corrected chi connectivity index (χ2v) is 9.86. The van der Waals surface area contributed by atoms with Gasteiger partial charge in [-0.1, -0.05) is 37.5 Å². The van der Waals surface area contributed by atoms with Crippen molar-refractivity contribution < 1.29 is 9.53 Å². The lowest BCUT2D eigenvalue weighted by Crippen LogP contribution is -2.45. The predicted molar refractivity (Wildman–Crippen MR) is 122 cm³/mol. The van der Waals surface area contributed by atoms with Gasteiger partial charge in [-0.3, -0.25) is 4.79 Å². The highest BCUT2D eigenvalue weighted by atomic mass is 16.5. The van der Waals surface area contributed by atoms with Crippen molar-refractivity contribution in [2.75, 3.05) is 20.2 Å². The fraction of sp³-hybridized carbons (Fsp3) is 0.731. The number of rotatable bonds is 10. The second-order valence-electron chi connectivity index (χ2n) is 9.86. The molecule has 1 N–H and O–H groups in total. The van der Waals surface area contributed by atoms with E-state index in [1.165, 1.54) is 76.2 Å². The molecule has 0 saturated heterocycles. The van der Waals surface area contributed by atoms with E-state index in [0.717, 1.165) is 37.1 Å². The summed E-state index contributed by atoms with van der Waals surface area (Å²) in [5, 5.41) is 3.72. The number of methoxy groups -OCH3 is 1. The number of carbonyl (C=O) groups excluding carboxylic acids is 1. The van der Waals surface area contributed by atoms with Gasteiger partial charge in [0.15, 0.2) is 0 Å². The minimum absolute atomic E-state index is 0.503. The van der Waals surface area contributed by atoms with Crippen LogP contribution in [0, 0.1) is 11.8 Å². The van der Waals surface area contributed by atoms with Crippen LogP contribution >= 0.6 is 0 Å². The molecular weight excluding hydrogens is 372 g/mol. The molecule has 166 valence electrons. The maximum Gasteiger partial charge on any atom is 0.210 e. The van der Waals surface area contributed by atoms with Gasteiger partial charge in [-0.2, -0.15) is 0 Å². The van der Waals surface area contributed by atoms with E-state index in [-0.39, 0.29) is 0 Å². The van der Waals surface area contributed by atoms with E-state index in [0.29, 0.717) is 18.0 Å². The van der Waals surface area contributed by atoms with Crippen molar-refractivity contribution in [3.05, 3.63) is 29.8 Å². The number of para-hydroxylation sites is 1. The minimum atomic E-state index is 0.503. The summed E-state index contributed by atoms with van der Waals surface area (Å²) in [6, 6.07) is 9.50. The fourth-order valence-corrected chi connectivity index (χ4v) is 6.00. The van der Waals surface area contributed by atoms with Crippen LogP contribution in [0.5, 0.6) is 5.75 Å². The monoisotopic (exact) mass is 412 g/mol. The lowest BCUT2D eigenvalue weighted by molar-refractivity contribution is -0.124. The Bertz CT molecular complexity index is 665. The molecule has 1 amide bonds. The van der Waals surface area contributed by atoms with Crippen LogP contribution in [0.15, 0.2) is 24.3 Å². The van der Waals surface area contributed by atoms with Gasteiger partial charge in [-0.15, -0.1) is 0 Å². The fourth-order valence-electron chi connectivity index (χ4n) is 6.00. The molecule has 2 atom stereocenters. The SMILES string of the molecule is COc1ccccc1[C@@H]1C[C@H]1CNCCC1CCC(N(C=O)C2CCCCC2)CC1. The molecule has 3 saturated carbocycles. The Morgan fingerprint density at radius 2 is 1.77 bits per heavy atom. The molecule has 3 aliphatic rings. The molecule has 0 bridgehead atoms. The summed E-state index contributed by atoms with van der Waals surface area (Å²) < 4.78 is 5.53. The lowest BCUT2D eigenvalue weighted by atomic mass is 9.82. The van der Waals surface area contributed by atoms with E-state index < -0.39 is 0 Å². The van der Waals surface area contributed by atoms with Crippen LogP contribution in [0.2, 0.25) is 0 Å². The summed E-state index contributed by atoms with van der Waals surface area (Å²) in [6.45, 7) is 2.25. The van der Waals surface area contributed by atoms with E-state index in [4.69, 9.17) is 4.74 Å². The minimum Gasteiger partial charge on any atom is -0.496 e. The van der Waals surface area contributed by atoms with Crippen LogP contribution in [0.4, 0.5) is 0 Å². The van der Waals surface area contributed by atoms with Crippen LogP contribution < -0.4 is 10.1 Å². The summed E-state index contributed by atoms with van der Waals surface area (Å²) in [7, 11) is 1.77. The lowest BCUT2D eigenvalue weighted by Gasteiger charge is -2.40. The van der Waals surface area contributed by atoms with Crippen molar-refractivity contribution in [2.24, 2.45) is 11.8 Å². The van der Waals surface area contributed by atoms with Gasteiger partial charge in [0.05, 0.1) is 7.11 Å². The molecule has 1 aromatic rings. The molecule has 0 aromatic heterocycles. The van der Waals surface area contributed by atoms with Crippen LogP contribution in [-0.4, -0.2) is 43.6 Å². The third-order valence-corrected chi connectivity index (χ3v) is 7.95. The topological polar surface area (TPSA) is 41.6 Å². The molecule has 0 spiro atoms. The zero-order chi connectivity index (χ0) is 20.8. The third kappa shape index (κ3) is 5.38. The second kappa shape index (κ2) is 10.7. The molecular formula is C26H40N2O2. The summed E-state index contributed by atoms with van der Waals surface area (Å²) in [5.41, 5.74) is 1.38. The summed E-state index contributed by atoms with van der Waals surface area (Å²) in [4.78, 5) is 14.0. The van der Waals surface area contributed by atoms with Crippen LogP contribution in [-0.2, 0) is 4.79 Å². The van der Waals surface area contributed by atoms with E-state index in [2.05, 4.69) is 34.5 Å². The maximum absolute atomic E-state index is 11.7. The average Bonchev–Trinajstić information content (AvgIpc) is 3.58. The van der Waals surface area contributed by atoms with Gasteiger partial charge >= 0.3 is 0 Å². The van der Waals surface area contributed by atoms with Crippen molar-refractivity contribution in [1.82, 2.24) is 10.2 Å². The van der Waals surface area contributed by atoms with Crippen molar-refractivity contribution >= 4 is 6.41 Å². The van der Waals surface area contributed by atoms with Gasteiger partial charge in [-0.25, -0.2) is 0 Å². The summed E-state index contributed by atoms with van der Waals surface area (Å²) in [5.74, 6) is 3.30. The largest absolute Gasteiger partial charge is 0.496 e. The number of carbonyl (C=O) groups is 1. The first kappa shape index (κ1) is 21.7. The Kier molecular flexibility index (Phi) is 7.70. The van der Waals surface area contributed by atoms with Crippen molar-refractivity contribution in [3.8, 4) is 5.75 Å².